The first-order chi connectivity index (χ1) is 11.2. The van der Waals surface area contributed by atoms with Gasteiger partial charge in [-0.2, -0.15) is 0 Å². The number of carbonyl (C=O) groups excluding carboxylic acids is 1. The maximum absolute atomic E-state index is 12.4. The highest BCUT2D eigenvalue weighted by atomic mass is 16.6. The van der Waals surface area contributed by atoms with Gasteiger partial charge in [-0.1, -0.05) is 0 Å². The Kier molecular flexibility index (Phi) is 3.69. The smallest absolute Gasteiger partial charge is 0.416 e. The second kappa shape index (κ2) is 5.72. The second-order valence-corrected chi connectivity index (χ2v) is 6.60. The van der Waals surface area contributed by atoms with E-state index in [2.05, 4.69) is 15.3 Å². The largest absolute Gasteiger partial charge is 0.440 e. The number of nitrogens with zero attached hydrogens (tertiary/aromatic N) is 3. The topological polar surface area (TPSA) is 76.6 Å². The molecule has 4 heterocycles. The molecule has 1 aromatic heterocycles. The van der Waals surface area contributed by atoms with Gasteiger partial charge in [-0.05, 0) is 26.3 Å². The van der Waals surface area contributed by atoms with Crippen molar-refractivity contribution >= 4 is 11.9 Å². The zero-order chi connectivity index (χ0) is 15.9. The van der Waals surface area contributed by atoms with Crippen molar-refractivity contribution in [2.75, 3.05) is 31.2 Å². The lowest BCUT2D eigenvalue weighted by molar-refractivity contribution is -0.0431. The molecule has 7 nitrogen and oxygen atoms in total. The van der Waals surface area contributed by atoms with Crippen molar-refractivity contribution in [1.82, 2.24) is 15.3 Å². The number of amides is 1. The summed E-state index contributed by atoms with van der Waals surface area (Å²) in [5.41, 5.74) is 0.547. The molecule has 1 aromatic rings. The average Bonchev–Trinajstić information content (AvgIpc) is 3.16. The van der Waals surface area contributed by atoms with Gasteiger partial charge in [0.15, 0.2) is 0 Å². The SMILES string of the molecule is Cc1nc(C2CCCN2)cc(N2CC3(CCOCC3)OC2=O)n1. The van der Waals surface area contributed by atoms with E-state index in [1.165, 1.54) is 0 Å². The number of anilines is 1. The van der Waals surface area contributed by atoms with Crippen molar-refractivity contribution in [3.63, 3.8) is 0 Å². The summed E-state index contributed by atoms with van der Waals surface area (Å²) in [5.74, 6) is 1.33. The summed E-state index contributed by atoms with van der Waals surface area (Å²) in [7, 11) is 0. The molecule has 1 N–H and O–H groups in total. The van der Waals surface area contributed by atoms with E-state index in [0.717, 1.165) is 37.9 Å². The monoisotopic (exact) mass is 318 g/mol. The number of ether oxygens (including phenoxy) is 2. The van der Waals surface area contributed by atoms with Crippen LogP contribution in [-0.4, -0.2) is 48.0 Å². The molecule has 1 unspecified atom stereocenters. The number of nitrogens with one attached hydrogen (secondary N) is 1. The molecule has 0 radical (unpaired) electrons. The van der Waals surface area contributed by atoms with Gasteiger partial charge in [0.05, 0.1) is 25.5 Å². The summed E-state index contributed by atoms with van der Waals surface area (Å²) in [6, 6.07) is 2.18. The molecule has 3 fully saturated rings. The van der Waals surface area contributed by atoms with Crippen molar-refractivity contribution < 1.29 is 14.3 Å². The van der Waals surface area contributed by atoms with Gasteiger partial charge in [-0.3, -0.25) is 4.90 Å². The van der Waals surface area contributed by atoms with Crippen LogP contribution in [0.5, 0.6) is 0 Å². The van der Waals surface area contributed by atoms with Gasteiger partial charge in [0.2, 0.25) is 0 Å². The van der Waals surface area contributed by atoms with E-state index in [1.807, 2.05) is 13.0 Å². The Labute approximate surface area is 135 Å². The predicted molar refractivity (Wildman–Crippen MR) is 83.4 cm³/mol. The van der Waals surface area contributed by atoms with Gasteiger partial charge in [0, 0.05) is 24.9 Å². The zero-order valence-electron chi connectivity index (χ0n) is 13.4. The molecule has 1 atom stereocenters. The lowest BCUT2D eigenvalue weighted by atomic mass is 9.94. The van der Waals surface area contributed by atoms with Gasteiger partial charge < -0.3 is 14.8 Å². The summed E-state index contributed by atoms with van der Waals surface area (Å²) in [6.07, 6.45) is 3.40. The minimum Gasteiger partial charge on any atom is -0.440 e. The lowest BCUT2D eigenvalue weighted by Gasteiger charge is -2.30. The maximum Gasteiger partial charge on any atom is 0.416 e. The highest BCUT2D eigenvalue weighted by Crippen LogP contribution is 2.35. The molecule has 0 bridgehead atoms. The van der Waals surface area contributed by atoms with E-state index < -0.39 is 5.60 Å². The fourth-order valence-electron chi connectivity index (χ4n) is 3.63. The summed E-state index contributed by atoms with van der Waals surface area (Å²) in [5, 5.41) is 3.44. The first kappa shape index (κ1) is 14.8. The minimum atomic E-state index is -0.417. The molecule has 0 aliphatic carbocycles. The van der Waals surface area contributed by atoms with Gasteiger partial charge in [-0.15, -0.1) is 0 Å². The van der Waals surface area contributed by atoms with Crippen LogP contribution in [0.25, 0.3) is 0 Å². The molecular weight excluding hydrogens is 296 g/mol. The van der Waals surface area contributed by atoms with Crippen LogP contribution in [0.2, 0.25) is 0 Å². The third kappa shape index (κ3) is 2.79. The third-order valence-corrected chi connectivity index (χ3v) is 4.91. The zero-order valence-corrected chi connectivity index (χ0v) is 13.4. The molecule has 7 heteroatoms. The Morgan fingerprint density at radius 2 is 2.17 bits per heavy atom. The van der Waals surface area contributed by atoms with Crippen molar-refractivity contribution in [2.45, 2.75) is 44.2 Å². The molecule has 3 aliphatic rings. The van der Waals surface area contributed by atoms with Crippen molar-refractivity contribution in [3.8, 4) is 0 Å². The minimum absolute atomic E-state index is 0.256. The number of aromatic nitrogens is 2. The van der Waals surface area contributed by atoms with Gasteiger partial charge >= 0.3 is 6.09 Å². The summed E-state index contributed by atoms with van der Waals surface area (Å²) < 4.78 is 11.1. The molecule has 0 aromatic carbocycles. The van der Waals surface area contributed by atoms with Crippen LogP contribution in [0.3, 0.4) is 0 Å². The Morgan fingerprint density at radius 1 is 1.35 bits per heavy atom. The standard InChI is InChI=1S/C16H22N4O3/c1-11-18-13(12-3-2-6-17-12)9-14(19-11)20-10-16(23-15(20)21)4-7-22-8-5-16/h9,12,17H,2-8,10H2,1H3. The molecule has 23 heavy (non-hydrogen) atoms. The Balaban J connectivity index is 1.61. The van der Waals surface area contributed by atoms with Gasteiger partial charge in [0.1, 0.15) is 17.2 Å². The van der Waals surface area contributed by atoms with Crippen LogP contribution in [-0.2, 0) is 9.47 Å². The van der Waals surface area contributed by atoms with Gasteiger partial charge in [0.25, 0.3) is 0 Å². The Hall–Kier alpha value is -1.73. The number of carbonyl (C=O) groups is 1. The first-order valence-corrected chi connectivity index (χ1v) is 8.32. The van der Waals surface area contributed by atoms with E-state index in [0.29, 0.717) is 31.4 Å². The van der Waals surface area contributed by atoms with Crippen molar-refractivity contribution in [2.24, 2.45) is 0 Å². The second-order valence-electron chi connectivity index (χ2n) is 6.60. The summed E-state index contributed by atoms with van der Waals surface area (Å²) >= 11 is 0. The Bertz CT molecular complexity index is 609. The molecule has 3 saturated heterocycles. The fraction of sp³-hybridized carbons (Fsp3) is 0.688. The first-order valence-electron chi connectivity index (χ1n) is 8.32. The van der Waals surface area contributed by atoms with E-state index in [1.54, 1.807) is 4.90 Å². The molecular formula is C16H22N4O3. The lowest BCUT2D eigenvalue weighted by Crippen LogP contribution is -2.40. The molecule has 1 spiro atoms. The molecule has 1 amide bonds. The Morgan fingerprint density at radius 3 is 2.91 bits per heavy atom. The quantitative estimate of drug-likeness (QED) is 0.894. The summed E-state index contributed by atoms with van der Waals surface area (Å²) in [4.78, 5) is 23.0. The van der Waals surface area contributed by atoms with Gasteiger partial charge in [-0.25, -0.2) is 14.8 Å². The van der Waals surface area contributed by atoms with E-state index in [-0.39, 0.29) is 12.1 Å². The number of hydrogen-bond acceptors (Lipinski definition) is 6. The van der Waals surface area contributed by atoms with Crippen LogP contribution in [0.15, 0.2) is 6.07 Å². The van der Waals surface area contributed by atoms with Crippen LogP contribution in [0.1, 0.15) is 43.2 Å². The van der Waals surface area contributed by atoms with E-state index in [9.17, 15) is 4.79 Å². The van der Waals surface area contributed by atoms with E-state index >= 15 is 0 Å². The third-order valence-electron chi connectivity index (χ3n) is 4.91. The molecule has 0 saturated carbocycles. The molecule has 124 valence electrons. The van der Waals surface area contributed by atoms with E-state index in [4.69, 9.17) is 9.47 Å². The van der Waals surface area contributed by atoms with Crippen LogP contribution in [0, 0.1) is 6.92 Å². The number of aryl methyl sites for hydroxylation is 1. The number of hydrogen-bond donors (Lipinski definition) is 1. The predicted octanol–water partition coefficient (Wildman–Crippen LogP) is 1.72. The average molecular weight is 318 g/mol. The maximum atomic E-state index is 12.4. The normalized spacial score (nSPS) is 26.7. The highest BCUT2D eigenvalue weighted by molar-refractivity contribution is 5.89. The van der Waals surface area contributed by atoms with Crippen LogP contribution in [0.4, 0.5) is 10.6 Å². The molecule has 4 rings (SSSR count). The highest BCUT2D eigenvalue weighted by Gasteiger charge is 2.47. The fourth-order valence-corrected chi connectivity index (χ4v) is 3.63. The van der Waals surface area contributed by atoms with Crippen LogP contribution < -0.4 is 10.2 Å². The summed E-state index contributed by atoms with van der Waals surface area (Å²) in [6.45, 7) is 4.71. The van der Waals surface area contributed by atoms with Crippen molar-refractivity contribution in [3.05, 3.63) is 17.6 Å². The number of rotatable bonds is 2. The van der Waals surface area contributed by atoms with Crippen molar-refractivity contribution in [1.29, 1.82) is 0 Å². The molecule has 3 aliphatic heterocycles. The van der Waals surface area contributed by atoms with Crippen LogP contribution >= 0.6 is 0 Å².